The second-order valence-corrected chi connectivity index (χ2v) is 5.29. The fourth-order valence-electron chi connectivity index (χ4n) is 2.38. The molecule has 112 valence electrons. The van der Waals surface area contributed by atoms with Crippen LogP contribution in [0, 0.1) is 5.82 Å². The summed E-state index contributed by atoms with van der Waals surface area (Å²) in [5, 5.41) is 0. The molecule has 0 aliphatic carbocycles. The molecular formula is C17H20FNO2. The average molecular weight is 289 g/mol. The topological polar surface area (TPSA) is 44.5 Å². The molecular weight excluding hydrogens is 269 g/mol. The van der Waals surface area contributed by atoms with Crippen LogP contribution in [0.5, 0.6) is 11.5 Å². The van der Waals surface area contributed by atoms with E-state index in [4.69, 9.17) is 15.2 Å². The van der Waals surface area contributed by atoms with Gasteiger partial charge in [-0.3, -0.25) is 0 Å². The summed E-state index contributed by atoms with van der Waals surface area (Å²) in [6.07, 6.45) is 0.566. The minimum absolute atomic E-state index is 0.253. The number of hydrogen-bond acceptors (Lipinski definition) is 3. The van der Waals surface area contributed by atoms with E-state index in [2.05, 4.69) is 0 Å². The third-order valence-corrected chi connectivity index (χ3v) is 3.51. The van der Waals surface area contributed by atoms with Crippen LogP contribution in [-0.2, 0) is 12.0 Å². The smallest absolute Gasteiger partial charge is 0.124 e. The van der Waals surface area contributed by atoms with Gasteiger partial charge in [-0.1, -0.05) is 12.1 Å². The lowest BCUT2D eigenvalue weighted by Gasteiger charge is -2.27. The Kier molecular flexibility index (Phi) is 4.48. The van der Waals surface area contributed by atoms with E-state index in [1.807, 2.05) is 25.1 Å². The van der Waals surface area contributed by atoms with E-state index in [0.29, 0.717) is 12.2 Å². The van der Waals surface area contributed by atoms with Crippen LogP contribution < -0.4 is 15.2 Å². The van der Waals surface area contributed by atoms with Gasteiger partial charge in [0.1, 0.15) is 17.3 Å². The number of methoxy groups -OCH3 is 2. The highest BCUT2D eigenvalue weighted by atomic mass is 19.1. The summed E-state index contributed by atoms with van der Waals surface area (Å²) in [7, 11) is 3.22. The van der Waals surface area contributed by atoms with Crippen molar-refractivity contribution in [2.75, 3.05) is 14.2 Å². The highest BCUT2D eigenvalue weighted by molar-refractivity contribution is 5.45. The highest BCUT2D eigenvalue weighted by Gasteiger charge is 2.26. The van der Waals surface area contributed by atoms with E-state index >= 15 is 0 Å². The van der Waals surface area contributed by atoms with Crippen molar-refractivity contribution < 1.29 is 13.9 Å². The van der Waals surface area contributed by atoms with E-state index in [-0.39, 0.29) is 5.82 Å². The van der Waals surface area contributed by atoms with Crippen LogP contribution in [0.4, 0.5) is 4.39 Å². The van der Waals surface area contributed by atoms with Gasteiger partial charge in [0.25, 0.3) is 0 Å². The molecule has 2 aromatic carbocycles. The SMILES string of the molecule is COc1ccc(OC)c(C(C)(N)Cc2ccc(F)cc2)c1. The molecule has 0 bridgehead atoms. The maximum Gasteiger partial charge on any atom is 0.124 e. The Hall–Kier alpha value is -2.07. The number of nitrogens with two attached hydrogens (primary N) is 1. The molecule has 0 saturated heterocycles. The lowest BCUT2D eigenvalue weighted by Crippen LogP contribution is -2.36. The van der Waals surface area contributed by atoms with Crippen molar-refractivity contribution in [3.8, 4) is 11.5 Å². The largest absolute Gasteiger partial charge is 0.497 e. The zero-order valence-corrected chi connectivity index (χ0v) is 12.5. The van der Waals surface area contributed by atoms with E-state index in [9.17, 15) is 4.39 Å². The van der Waals surface area contributed by atoms with Crippen LogP contribution in [0.1, 0.15) is 18.1 Å². The predicted octanol–water partition coefficient (Wildman–Crippen LogP) is 3.26. The van der Waals surface area contributed by atoms with Gasteiger partial charge in [-0.05, 0) is 49.2 Å². The monoisotopic (exact) mass is 289 g/mol. The molecule has 2 aromatic rings. The molecule has 0 aromatic heterocycles. The van der Waals surface area contributed by atoms with Crippen molar-refractivity contribution in [2.24, 2.45) is 5.73 Å². The summed E-state index contributed by atoms with van der Waals surface area (Å²) in [6, 6.07) is 11.9. The summed E-state index contributed by atoms with van der Waals surface area (Å²) in [5.41, 5.74) is 7.64. The number of benzene rings is 2. The number of halogens is 1. The van der Waals surface area contributed by atoms with Crippen molar-refractivity contribution in [1.29, 1.82) is 0 Å². The fourth-order valence-corrected chi connectivity index (χ4v) is 2.38. The molecule has 3 nitrogen and oxygen atoms in total. The van der Waals surface area contributed by atoms with Crippen LogP contribution >= 0.6 is 0 Å². The van der Waals surface area contributed by atoms with E-state index in [0.717, 1.165) is 16.9 Å². The summed E-state index contributed by atoms with van der Waals surface area (Å²) >= 11 is 0. The van der Waals surface area contributed by atoms with Crippen LogP contribution in [0.3, 0.4) is 0 Å². The lowest BCUT2D eigenvalue weighted by molar-refractivity contribution is 0.378. The maximum absolute atomic E-state index is 13.0. The zero-order valence-electron chi connectivity index (χ0n) is 12.5. The lowest BCUT2D eigenvalue weighted by atomic mass is 9.86. The molecule has 0 amide bonds. The molecule has 2 N–H and O–H groups in total. The third-order valence-electron chi connectivity index (χ3n) is 3.51. The Balaban J connectivity index is 2.35. The predicted molar refractivity (Wildman–Crippen MR) is 81.2 cm³/mol. The Bertz CT molecular complexity index is 609. The Labute approximate surface area is 124 Å². The Morgan fingerprint density at radius 2 is 1.71 bits per heavy atom. The molecule has 2 rings (SSSR count). The van der Waals surface area contributed by atoms with Gasteiger partial charge in [0, 0.05) is 11.1 Å². The molecule has 0 spiro atoms. The summed E-state index contributed by atoms with van der Waals surface area (Å²) in [4.78, 5) is 0. The van der Waals surface area contributed by atoms with E-state index < -0.39 is 5.54 Å². The van der Waals surface area contributed by atoms with Gasteiger partial charge < -0.3 is 15.2 Å². The van der Waals surface area contributed by atoms with Crippen LogP contribution in [0.25, 0.3) is 0 Å². The average Bonchev–Trinajstić information content (AvgIpc) is 2.48. The molecule has 0 aliphatic rings. The minimum atomic E-state index is -0.655. The fraction of sp³-hybridized carbons (Fsp3) is 0.294. The first kappa shape index (κ1) is 15.3. The van der Waals surface area contributed by atoms with Gasteiger partial charge in [-0.25, -0.2) is 4.39 Å². The molecule has 0 aliphatic heterocycles. The van der Waals surface area contributed by atoms with Gasteiger partial charge in [-0.15, -0.1) is 0 Å². The Morgan fingerprint density at radius 1 is 1.05 bits per heavy atom. The highest BCUT2D eigenvalue weighted by Crippen LogP contribution is 2.33. The first-order valence-corrected chi connectivity index (χ1v) is 6.72. The van der Waals surface area contributed by atoms with Crippen molar-refractivity contribution in [2.45, 2.75) is 18.9 Å². The van der Waals surface area contributed by atoms with Gasteiger partial charge in [-0.2, -0.15) is 0 Å². The van der Waals surface area contributed by atoms with Crippen molar-refractivity contribution in [3.05, 3.63) is 59.4 Å². The standard InChI is InChI=1S/C17H20FNO2/c1-17(19,11-12-4-6-13(18)7-5-12)15-10-14(20-2)8-9-16(15)21-3/h4-10H,11,19H2,1-3H3. The number of hydrogen-bond donors (Lipinski definition) is 1. The van der Waals surface area contributed by atoms with Crippen LogP contribution in [0.2, 0.25) is 0 Å². The third kappa shape index (κ3) is 3.52. The molecule has 1 unspecified atom stereocenters. The number of ether oxygens (including phenoxy) is 2. The second-order valence-electron chi connectivity index (χ2n) is 5.29. The molecule has 0 heterocycles. The molecule has 0 fully saturated rings. The summed E-state index contributed by atoms with van der Waals surface area (Å²) < 4.78 is 23.6. The Morgan fingerprint density at radius 3 is 2.29 bits per heavy atom. The van der Waals surface area contributed by atoms with Gasteiger partial charge >= 0.3 is 0 Å². The van der Waals surface area contributed by atoms with Gasteiger partial charge in [0.05, 0.1) is 14.2 Å². The molecule has 1 atom stereocenters. The molecule has 0 radical (unpaired) electrons. The van der Waals surface area contributed by atoms with Crippen molar-refractivity contribution in [3.63, 3.8) is 0 Å². The van der Waals surface area contributed by atoms with Crippen molar-refractivity contribution >= 4 is 0 Å². The summed E-state index contributed by atoms with van der Waals surface area (Å²) in [6.45, 7) is 1.92. The number of rotatable bonds is 5. The molecule has 21 heavy (non-hydrogen) atoms. The maximum atomic E-state index is 13.0. The first-order chi connectivity index (χ1) is 9.96. The van der Waals surface area contributed by atoms with E-state index in [1.165, 1.54) is 12.1 Å². The first-order valence-electron chi connectivity index (χ1n) is 6.72. The minimum Gasteiger partial charge on any atom is -0.497 e. The van der Waals surface area contributed by atoms with E-state index in [1.54, 1.807) is 26.4 Å². The molecule has 0 saturated carbocycles. The van der Waals surface area contributed by atoms with Crippen molar-refractivity contribution in [1.82, 2.24) is 0 Å². The van der Waals surface area contributed by atoms with Crippen LogP contribution in [-0.4, -0.2) is 14.2 Å². The van der Waals surface area contributed by atoms with Gasteiger partial charge in [0.2, 0.25) is 0 Å². The quantitative estimate of drug-likeness (QED) is 0.919. The normalized spacial score (nSPS) is 13.6. The zero-order chi connectivity index (χ0) is 15.5. The second kappa shape index (κ2) is 6.14. The van der Waals surface area contributed by atoms with Crippen LogP contribution in [0.15, 0.2) is 42.5 Å². The molecule has 4 heteroatoms. The van der Waals surface area contributed by atoms with Gasteiger partial charge in [0.15, 0.2) is 0 Å². The summed E-state index contributed by atoms with van der Waals surface area (Å²) in [5.74, 6) is 1.18.